The number of carbonyl (C=O) groups is 3. The van der Waals surface area contributed by atoms with Gasteiger partial charge in [0.05, 0.1) is 45.5 Å². The first-order valence-corrected chi connectivity index (χ1v) is 24.2. The summed E-state index contributed by atoms with van der Waals surface area (Å²) in [5.41, 5.74) is 7.03. The molecule has 5 heterocycles. The summed E-state index contributed by atoms with van der Waals surface area (Å²) in [5.74, 6) is 0.362. The fraction of sp³-hybridized carbons (Fsp3) is 0.531. The molecule has 0 unspecified atom stereocenters. The molecule has 4 atom stereocenters. The molecule has 346 valence electrons. The van der Waals surface area contributed by atoms with Crippen LogP contribution in [0.15, 0.2) is 60.1 Å². The second-order valence-corrected chi connectivity index (χ2v) is 20.2. The standard InChI is InChI=1S/C49H64N10O5S/c1-7-50-45-42-39(25-38(54-55-42)37-10-8-9-11-41(37)61)59(56-45)35-20-22-57(23-21-35)26-31-12-14-34(15-13-31)46(62)53-44(49(4,5)6)48(64)58-27-36(60)24-40(58)47(63)52-29(2)32-16-18-33(19-17-32)43-30(3)51-28-65-43/h8-11,16-19,25,28-29,31,34-36,40,44,60-61H,7,12-15,20-24,26-27H2,1-6H3,(H,50,56)(H,52,63)(H,53,62)/t29-,31?,34?,36+,40-,44+/m0/s1. The van der Waals surface area contributed by atoms with E-state index in [-0.39, 0.29) is 54.4 Å². The maximum absolute atomic E-state index is 14.4. The molecule has 15 nitrogen and oxygen atoms in total. The van der Waals surface area contributed by atoms with Gasteiger partial charge in [-0.05, 0) is 100.0 Å². The van der Waals surface area contributed by atoms with Gasteiger partial charge < -0.3 is 36.0 Å². The average Bonchev–Trinajstić information content (AvgIpc) is 4.02. The molecular weight excluding hydrogens is 841 g/mol. The van der Waals surface area contributed by atoms with Gasteiger partial charge in [-0.2, -0.15) is 5.10 Å². The molecule has 0 bridgehead atoms. The maximum atomic E-state index is 14.4. The van der Waals surface area contributed by atoms with Crippen molar-refractivity contribution in [2.45, 2.75) is 117 Å². The summed E-state index contributed by atoms with van der Waals surface area (Å²) >= 11 is 1.59. The van der Waals surface area contributed by atoms with Crippen LogP contribution in [-0.2, 0) is 14.4 Å². The molecule has 5 aromatic rings. The minimum atomic E-state index is -0.861. The topological polar surface area (TPSA) is 191 Å². The molecule has 0 spiro atoms. The number of rotatable bonds is 13. The van der Waals surface area contributed by atoms with Crippen molar-refractivity contribution in [3.05, 3.63) is 71.4 Å². The number of carbonyl (C=O) groups excluding carboxylic acids is 3. The highest BCUT2D eigenvalue weighted by Crippen LogP contribution is 2.36. The third-order valence-corrected chi connectivity index (χ3v) is 14.6. The van der Waals surface area contributed by atoms with Crippen LogP contribution in [0.5, 0.6) is 5.75 Å². The zero-order valence-corrected chi connectivity index (χ0v) is 39.3. The van der Waals surface area contributed by atoms with Gasteiger partial charge in [-0.1, -0.05) is 57.2 Å². The number of nitrogens with zero attached hydrogens (tertiary/aromatic N) is 7. The zero-order valence-electron chi connectivity index (χ0n) is 38.5. The highest BCUT2D eigenvalue weighted by molar-refractivity contribution is 7.13. The number of benzene rings is 2. The molecule has 3 amide bonds. The number of anilines is 1. The van der Waals surface area contributed by atoms with Gasteiger partial charge in [0.15, 0.2) is 11.3 Å². The molecule has 1 aliphatic carbocycles. The Morgan fingerprint density at radius 1 is 0.938 bits per heavy atom. The van der Waals surface area contributed by atoms with Gasteiger partial charge in [-0.25, -0.2) is 4.98 Å². The molecule has 1 saturated carbocycles. The minimum Gasteiger partial charge on any atom is -0.507 e. The van der Waals surface area contributed by atoms with Gasteiger partial charge in [0.2, 0.25) is 17.7 Å². The number of hydrogen-bond acceptors (Lipinski definition) is 12. The lowest BCUT2D eigenvalue weighted by atomic mass is 9.80. The van der Waals surface area contributed by atoms with Crippen molar-refractivity contribution in [2.24, 2.45) is 17.3 Å². The van der Waals surface area contributed by atoms with E-state index in [0.717, 1.165) is 90.9 Å². The van der Waals surface area contributed by atoms with Crippen molar-refractivity contribution >= 4 is 45.9 Å². The number of amides is 3. The second-order valence-electron chi connectivity index (χ2n) is 19.4. The van der Waals surface area contributed by atoms with Gasteiger partial charge in [0, 0.05) is 50.6 Å². The predicted molar refractivity (Wildman–Crippen MR) is 253 cm³/mol. The SMILES string of the molecule is CCNc1nn(C2CCN(CC3CCC(C(=O)N[C@H](C(=O)N4C[C@H](O)C[C@H]4C(=O)N[C@@H](C)c4ccc(-c5scnc5C)cc4)C(C)(C)C)CC3)CC2)c2cc(-c3ccccc3O)nnc12. The number of piperidine rings is 1. The van der Waals surface area contributed by atoms with Crippen LogP contribution in [-0.4, -0.2) is 114 Å². The highest BCUT2D eigenvalue weighted by atomic mass is 32.1. The lowest BCUT2D eigenvalue weighted by Gasteiger charge is -2.38. The number of aryl methyl sites for hydroxylation is 1. The van der Waals surface area contributed by atoms with E-state index in [0.29, 0.717) is 29.5 Å². The normalized spacial score (nSPS) is 21.9. The number of para-hydroxylation sites is 1. The average molecular weight is 905 g/mol. The Morgan fingerprint density at radius 3 is 2.32 bits per heavy atom. The molecular formula is C49H64N10O5S. The van der Waals surface area contributed by atoms with Crippen LogP contribution >= 0.6 is 11.3 Å². The van der Waals surface area contributed by atoms with E-state index in [1.165, 1.54) is 4.90 Å². The van der Waals surface area contributed by atoms with E-state index in [1.807, 2.05) is 89.5 Å². The summed E-state index contributed by atoms with van der Waals surface area (Å²) in [6.07, 6.45) is 4.54. The quantitative estimate of drug-likeness (QED) is 0.0829. The molecule has 3 aliphatic rings. The van der Waals surface area contributed by atoms with Gasteiger partial charge in [-0.15, -0.1) is 21.5 Å². The monoisotopic (exact) mass is 904 g/mol. The number of phenolic OH excluding ortho intramolecular Hbond substituents is 1. The molecule has 2 saturated heterocycles. The van der Waals surface area contributed by atoms with Crippen LogP contribution in [0, 0.1) is 24.2 Å². The summed E-state index contributed by atoms with van der Waals surface area (Å²) in [5, 5.41) is 44.8. The number of hydrogen-bond donors (Lipinski definition) is 5. The molecule has 8 rings (SSSR count). The Balaban J connectivity index is 0.837. The third-order valence-electron chi connectivity index (χ3n) is 13.7. The second kappa shape index (κ2) is 19.6. The van der Waals surface area contributed by atoms with E-state index in [1.54, 1.807) is 23.5 Å². The van der Waals surface area contributed by atoms with E-state index in [9.17, 15) is 24.6 Å². The Labute approximate surface area is 385 Å². The van der Waals surface area contributed by atoms with Crippen LogP contribution in [0.3, 0.4) is 0 Å². The lowest BCUT2D eigenvalue weighted by molar-refractivity contribution is -0.145. The Bertz CT molecular complexity index is 2470. The Kier molecular flexibility index (Phi) is 13.9. The van der Waals surface area contributed by atoms with Crippen LogP contribution in [0.4, 0.5) is 5.82 Å². The van der Waals surface area contributed by atoms with E-state index in [4.69, 9.17) is 5.10 Å². The van der Waals surface area contributed by atoms with Crippen molar-refractivity contribution < 1.29 is 24.6 Å². The smallest absolute Gasteiger partial charge is 0.246 e. The fourth-order valence-electron chi connectivity index (χ4n) is 9.92. The largest absolute Gasteiger partial charge is 0.507 e. The first kappa shape index (κ1) is 46.1. The number of thiazole rings is 1. The Hall–Kier alpha value is -5.45. The van der Waals surface area contributed by atoms with Crippen LogP contribution in [0.1, 0.15) is 103 Å². The number of aliphatic hydroxyl groups is 1. The minimum absolute atomic E-state index is 0.0317. The summed E-state index contributed by atoms with van der Waals surface area (Å²) in [7, 11) is 0. The van der Waals surface area contributed by atoms with Crippen molar-refractivity contribution in [1.29, 1.82) is 0 Å². The number of aliphatic hydroxyl groups excluding tert-OH is 1. The Morgan fingerprint density at radius 2 is 1.66 bits per heavy atom. The van der Waals surface area contributed by atoms with E-state index < -0.39 is 23.6 Å². The third kappa shape index (κ3) is 10.2. The van der Waals surface area contributed by atoms with Crippen LogP contribution < -0.4 is 16.0 Å². The molecule has 2 aromatic carbocycles. The van der Waals surface area contributed by atoms with Gasteiger partial charge in [0.25, 0.3) is 0 Å². The predicted octanol–water partition coefficient (Wildman–Crippen LogP) is 6.88. The number of β-amino-alcohol motifs (C(OH)–C–C–N with tert-alkyl or cyclic N) is 1. The maximum Gasteiger partial charge on any atom is 0.246 e. The van der Waals surface area contributed by atoms with Gasteiger partial charge >= 0.3 is 0 Å². The number of aromatic hydroxyl groups is 1. The molecule has 3 aromatic heterocycles. The van der Waals surface area contributed by atoms with E-state index in [2.05, 4.69) is 40.7 Å². The summed E-state index contributed by atoms with van der Waals surface area (Å²) in [6, 6.07) is 15.3. The van der Waals surface area contributed by atoms with Crippen molar-refractivity contribution in [2.75, 3.05) is 38.0 Å². The summed E-state index contributed by atoms with van der Waals surface area (Å²) in [4.78, 5) is 51.6. The number of phenols is 1. The van der Waals surface area contributed by atoms with Crippen molar-refractivity contribution in [3.63, 3.8) is 0 Å². The van der Waals surface area contributed by atoms with Gasteiger partial charge in [-0.3, -0.25) is 19.1 Å². The van der Waals surface area contributed by atoms with Crippen LogP contribution in [0.2, 0.25) is 0 Å². The van der Waals surface area contributed by atoms with E-state index >= 15 is 0 Å². The number of fused-ring (bicyclic) bond motifs is 1. The first-order chi connectivity index (χ1) is 31.2. The zero-order chi connectivity index (χ0) is 46.0. The summed E-state index contributed by atoms with van der Waals surface area (Å²) in [6.45, 7) is 15.3. The number of likely N-dealkylation sites (tertiary alicyclic amines) is 2. The van der Waals surface area contributed by atoms with Crippen molar-refractivity contribution in [3.8, 4) is 27.4 Å². The highest BCUT2D eigenvalue weighted by Gasteiger charge is 2.45. The van der Waals surface area contributed by atoms with Crippen LogP contribution in [0.25, 0.3) is 32.7 Å². The molecule has 16 heteroatoms. The van der Waals surface area contributed by atoms with Crippen molar-refractivity contribution in [1.82, 2.24) is 45.4 Å². The lowest BCUT2D eigenvalue weighted by Crippen LogP contribution is -2.58. The molecule has 0 radical (unpaired) electrons. The van der Waals surface area contributed by atoms with Gasteiger partial charge in [0.1, 0.15) is 17.8 Å². The molecule has 65 heavy (non-hydrogen) atoms. The summed E-state index contributed by atoms with van der Waals surface area (Å²) < 4.78 is 2.09. The molecule has 3 fully saturated rings. The molecule has 5 N–H and O–H groups in total. The number of nitrogens with one attached hydrogen (secondary N) is 3. The fourth-order valence-corrected chi connectivity index (χ4v) is 10.7. The molecule has 2 aliphatic heterocycles. The number of aromatic nitrogens is 5. The first-order valence-electron chi connectivity index (χ1n) is 23.3.